The van der Waals surface area contributed by atoms with Crippen LogP contribution in [-0.2, 0) is 11.8 Å². The van der Waals surface area contributed by atoms with Crippen LogP contribution in [0.4, 0.5) is 23.0 Å². The molecule has 39 heavy (non-hydrogen) atoms. The second-order valence-corrected chi connectivity index (χ2v) is 9.24. The van der Waals surface area contributed by atoms with Crippen LogP contribution in [0.1, 0.15) is 13.8 Å². The molecular formula is C29H36N8O2. The van der Waals surface area contributed by atoms with Crippen molar-refractivity contribution in [1.29, 1.82) is 0 Å². The van der Waals surface area contributed by atoms with Crippen LogP contribution in [0.2, 0.25) is 0 Å². The largest absolute Gasteiger partial charge is 0.492 e. The molecule has 4 rings (SSSR count). The fraction of sp³-hybridized carbons (Fsp3) is 0.310. The van der Waals surface area contributed by atoms with Crippen molar-refractivity contribution >= 4 is 39.8 Å². The van der Waals surface area contributed by atoms with E-state index < -0.39 is 0 Å². The highest BCUT2D eigenvalue weighted by Crippen LogP contribution is 2.38. The molecule has 0 aliphatic rings. The molecule has 2 N–H and O–H groups in total. The first-order chi connectivity index (χ1) is 18.8. The Morgan fingerprint density at radius 3 is 2.69 bits per heavy atom. The zero-order valence-electron chi connectivity index (χ0n) is 23.2. The smallest absolute Gasteiger partial charge is 0.247 e. The Labute approximate surface area is 229 Å². The minimum absolute atomic E-state index is 0.297. The number of rotatable bonds is 12. The van der Waals surface area contributed by atoms with Crippen molar-refractivity contribution in [2.24, 2.45) is 7.05 Å². The molecule has 2 aromatic heterocycles. The first-order valence-corrected chi connectivity index (χ1v) is 13.0. The number of aromatic nitrogens is 4. The van der Waals surface area contributed by atoms with Crippen LogP contribution >= 0.6 is 0 Å². The van der Waals surface area contributed by atoms with Gasteiger partial charge in [-0.15, -0.1) is 0 Å². The highest BCUT2D eigenvalue weighted by atomic mass is 16.5. The average molecular weight is 529 g/mol. The van der Waals surface area contributed by atoms with Gasteiger partial charge in [0.15, 0.2) is 0 Å². The summed E-state index contributed by atoms with van der Waals surface area (Å²) in [4.78, 5) is 25.8. The number of hydrogen-bond acceptors (Lipinski definition) is 8. The number of nitrogens with zero attached hydrogens (tertiary/aromatic N) is 6. The van der Waals surface area contributed by atoms with Crippen LogP contribution in [0, 0.1) is 0 Å². The van der Waals surface area contributed by atoms with Gasteiger partial charge in [0.05, 0.1) is 41.1 Å². The Morgan fingerprint density at radius 1 is 1.13 bits per heavy atom. The highest BCUT2D eigenvalue weighted by molar-refractivity contribution is 6.02. The van der Waals surface area contributed by atoms with E-state index in [4.69, 9.17) is 9.72 Å². The van der Waals surface area contributed by atoms with E-state index in [0.717, 1.165) is 47.5 Å². The molecule has 0 unspecified atom stereocenters. The maximum atomic E-state index is 12.3. The van der Waals surface area contributed by atoms with Gasteiger partial charge in [0.2, 0.25) is 11.9 Å². The third-order valence-corrected chi connectivity index (χ3v) is 6.55. The molecule has 0 saturated carbocycles. The topological polar surface area (TPSA) is 100 Å². The van der Waals surface area contributed by atoms with Gasteiger partial charge in [-0.2, -0.15) is 5.10 Å². The number of anilines is 4. The normalized spacial score (nSPS) is 11.0. The van der Waals surface area contributed by atoms with E-state index in [1.165, 1.54) is 6.08 Å². The lowest BCUT2D eigenvalue weighted by Gasteiger charge is -2.26. The van der Waals surface area contributed by atoms with E-state index in [-0.39, 0.29) is 5.91 Å². The zero-order chi connectivity index (χ0) is 27.9. The van der Waals surface area contributed by atoms with Gasteiger partial charge in [-0.3, -0.25) is 9.48 Å². The molecule has 10 nitrogen and oxygen atoms in total. The number of hydrogen-bond donors (Lipinski definition) is 2. The summed E-state index contributed by atoms with van der Waals surface area (Å²) in [7, 11) is 6.00. The minimum Gasteiger partial charge on any atom is -0.492 e. The number of benzene rings is 2. The van der Waals surface area contributed by atoms with Gasteiger partial charge in [-0.25, -0.2) is 9.97 Å². The summed E-state index contributed by atoms with van der Waals surface area (Å²) in [6.45, 7) is 10.7. The lowest BCUT2D eigenvalue weighted by molar-refractivity contribution is -0.111. The molecule has 0 spiro atoms. The number of aryl methyl sites for hydroxylation is 1. The molecule has 204 valence electrons. The second-order valence-electron chi connectivity index (χ2n) is 9.24. The molecule has 10 heteroatoms. The Morgan fingerprint density at radius 2 is 1.95 bits per heavy atom. The van der Waals surface area contributed by atoms with Crippen LogP contribution in [0.15, 0.2) is 61.4 Å². The zero-order valence-corrected chi connectivity index (χ0v) is 23.2. The Balaban J connectivity index is 1.68. The number of amides is 1. The molecule has 2 heterocycles. The quantitative estimate of drug-likeness (QED) is 0.256. The van der Waals surface area contributed by atoms with Crippen molar-refractivity contribution in [3.63, 3.8) is 0 Å². The van der Waals surface area contributed by atoms with E-state index in [1.807, 2.05) is 62.2 Å². The van der Waals surface area contributed by atoms with E-state index in [9.17, 15) is 4.79 Å². The Hall–Kier alpha value is -4.44. The first kappa shape index (κ1) is 27.6. The summed E-state index contributed by atoms with van der Waals surface area (Å²) >= 11 is 0. The van der Waals surface area contributed by atoms with Gasteiger partial charge in [0.25, 0.3) is 0 Å². The van der Waals surface area contributed by atoms with E-state index in [1.54, 1.807) is 6.20 Å². The molecule has 2 aromatic carbocycles. The monoisotopic (exact) mass is 528 g/mol. The second kappa shape index (κ2) is 12.4. The average Bonchev–Trinajstić information content (AvgIpc) is 3.32. The summed E-state index contributed by atoms with van der Waals surface area (Å²) < 4.78 is 7.84. The fourth-order valence-electron chi connectivity index (χ4n) is 4.16. The van der Waals surface area contributed by atoms with Crippen molar-refractivity contribution in [2.75, 3.05) is 55.9 Å². The third kappa shape index (κ3) is 6.53. The number of carbonyl (C=O) groups is 1. The standard InChI is InChI=1S/C29H36N8O2/c1-7-28(38)32-23-17-24(27(39-9-3)18-26(23)36(5)15-14-35(4)8-2)34-29-30-13-12-22(33-29)20-10-11-25-21(16-20)19-31-37(25)6/h7,10-13,16-19H,1,8-9,14-15H2,2-6H3,(H,32,38)(H,30,33,34). The lowest BCUT2D eigenvalue weighted by Crippen LogP contribution is -2.31. The van der Waals surface area contributed by atoms with Gasteiger partial charge >= 0.3 is 0 Å². The predicted octanol–water partition coefficient (Wildman–Crippen LogP) is 4.69. The van der Waals surface area contributed by atoms with Crippen LogP contribution in [0.5, 0.6) is 5.75 Å². The van der Waals surface area contributed by atoms with Crippen LogP contribution in [0.3, 0.4) is 0 Å². The van der Waals surface area contributed by atoms with Crippen molar-refractivity contribution in [3.8, 4) is 17.0 Å². The van der Waals surface area contributed by atoms with E-state index in [2.05, 4.69) is 57.1 Å². The summed E-state index contributed by atoms with van der Waals surface area (Å²) in [5.41, 5.74) is 4.88. The van der Waals surface area contributed by atoms with Crippen LogP contribution < -0.4 is 20.3 Å². The van der Waals surface area contributed by atoms with Crippen molar-refractivity contribution in [3.05, 3.63) is 61.4 Å². The molecule has 1 amide bonds. The number of likely N-dealkylation sites (N-methyl/N-ethyl adjacent to an activating group) is 2. The minimum atomic E-state index is -0.297. The maximum Gasteiger partial charge on any atom is 0.247 e. The Bertz CT molecular complexity index is 1470. The lowest BCUT2D eigenvalue weighted by atomic mass is 10.1. The van der Waals surface area contributed by atoms with Gasteiger partial charge < -0.3 is 25.2 Å². The highest BCUT2D eigenvalue weighted by Gasteiger charge is 2.17. The summed E-state index contributed by atoms with van der Waals surface area (Å²) in [6, 6.07) is 11.8. The summed E-state index contributed by atoms with van der Waals surface area (Å²) in [5, 5.41) is 11.6. The van der Waals surface area contributed by atoms with Crippen LogP contribution in [0.25, 0.3) is 22.2 Å². The summed E-state index contributed by atoms with van der Waals surface area (Å²) in [6.07, 6.45) is 4.81. The molecule has 4 aromatic rings. The van der Waals surface area contributed by atoms with E-state index in [0.29, 0.717) is 29.7 Å². The first-order valence-electron chi connectivity index (χ1n) is 13.0. The van der Waals surface area contributed by atoms with Crippen molar-refractivity contribution < 1.29 is 9.53 Å². The van der Waals surface area contributed by atoms with Crippen molar-refractivity contribution in [2.45, 2.75) is 13.8 Å². The number of fused-ring (bicyclic) bond motifs is 1. The molecule has 0 aliphatic carbocycles. The SMILES string of the molecule is C=CC(=O)Nc1cc(Nc2nccc(-c3ccc4c(cnn4C)c3)n2)c(OCC)cc1N(C)CCN(C)CC. The summed E-state index contributed by atoms with van der Waals surface area (Å²) in [5.74, 6) is 0.742. The molecule has 0 saturated heterocycles. The number of carbonyl (C=O) groups excluding carboxylic acids is 1. The fourth-order valence-corrected chi connectivity index (χ4v) is 4.16. The van der Waals surface area contributed by atoms with Crippen LogP contribution in [-0.4, -0.2) is 70.9 Å². The Kier molecular flexibility index (Phi) is 8.77. The number of nitrogens with one attached hydrogen (secondary N) is 2. The van der Waals surface area contributed by atoms with Gasteiger partial charge in [-0.05, 0) is 50.9 Å². The van der Waals surface area contributed by atoms with Gasteiger partial charge in [0, 0.05) is 50.4 Å². The van der Waals surface area contributed by atoms with E-state index >= 15 is 0 Å². The van der Waals surface area contributed by atoms with Gasteiger partial charge in [0.1, 0.15) is 5.75 Å². The molecule has 0 aliphatic heterocycles. The van der Waals surface area contributed by atoms with Gasteiger partial charge in [-0.1, -0.05) is 19.6 Å². The molecule has 0 bridgehead atoms. The van der Waals surface area contributed by atoms with Crippen molar-refractivity contribution in [1.82, 2.24) is 24.6 Å². The molecule has 0 fully saturated rings. The maximum absolute atomic E-state index is 12.3. The molecule has 0 radical (unpaired) electrons. The predicted molar refractivity (Wildman–Crippen MR) is 158 cm³/mol. The third-order valence-electron chi connectivity index (χ3n) is 6.55. The molecule has 0 atom stereocenters. The number of ether oxygens (including phenoxy) is 1. The molecular weight excluding hydrogens is 492 g/mol.